The van der Waals surface area contributed by atoms with Gasteiger partial charge in [-0.15, -0.1) is 0 Å². The van der Waals surface area contributed by atoms with Crippen molar-refractivity contribution in [3.05, 3.63) is 24.3 Å². The Kier molecular flexibility index (Phi) is 23.3. The summed E-state index contributed by atoms with van der Waals surface area (Å²) in [5.41, 5.74) is 0. The van der Waals surface area contributed by atoms with E-state index in [1.807, 2.05) is 21.0 Å². The van der Waals surface area contributed by atoms with Crippen molar-refractivity contribution in [2.75, 3.05) is 33.9 Å². The van der Waals surface area contributed by atoms with Crippen LogP contribution in [0.3, 0.4) is 0 Å². The van der Waals surface area contributed by atoms with Gasteiger partial charge in [0.2, 0.25) is 5.91 Å². The number of amides is 1. The van der Waals surface area contributed by atoms with Crippen LogP contribution in [-0.2, 0) is 14.3 Å². The predicted molar refractivity (Wildman–Crippen MR) is 145 cm³/mol. The van der Waals surface area contributed by atoms with E-state index in [4.69, 9.17) is 4.74 Å². The van der Waals surface area contributed by atoms with Crippen LogP contribution >= 0.6 is 0 Å². The van der Waals surface area contributed by atoms with Crippen molar-refractivity contribution in [1.82, 2.24) is 9.80 Å². The molecule has 0 aromatic rings. The monoisotopic (exact) mass is 478 g/mol. The van der Waals surface area contributed by atoms with Crippen LogP contribution in [0.4, 0.5) is 0 Å². The van der Waals surface area contributed by atoms with Crippen molar-refractivity contribution in [3.63, 3.8) is 0 Å². The first-order chi connectivity index (χ1) is 16.5. The van der Waals surface area contributed by atoms with Crippen molar-refractivity contribution < 1.29 is 14.3 Å². The van der Waals surface area contributed by atoms with E-state index >= 15 is 0 Å². The summed E-state index contributed by atoms with van der Waals surface area (Å²) < 4.78 is 5.37. The number of ether oxygens (including phenoxy) is 1. The molecule has 0 bridgehead atoms. The SMILES string of the molecule is CCCCC/C=C\C/C=C\CCCCCCCCC(=O)OCN(CCC)C(=O)CCCN(C)C. The number of carbonyl (C=O) groups excluding carboxylic acids is 2. The zero-order valence-electron chi connectivity index (χ0n) is 22.9. The molecular formula is C29H54N2O3. The molecule has 0 aliphatic rings. The Morgan fingerprint density at radius 1 is 0.676 bits per heavy atom. The minimum atomic E-state index is -0.188. The number of nitrogens with zero attached hydrogens (tertiary/aromatic N) is 2. The van der Waals surface area contributed by atoms with Gasteiger partial charge in [0.25, 0.3) is 0 Å². The second kappa shape index (κ2) is 24.5. The van der Waals surface area contributed by atoms with Crippen LogP contribution in [0.1, 0.15) is 117 Å². The zero-order valence-corrected chi connectivity index (χ0v) is 22.9. The second-order valence-electron chi connectivity index (χ2n) is 9.54. The number of rotatable bonds is 23. The molecule has 5 nitrogen and oxygen atoms in total. The summed E-state index contributed by atoms with van der Waals surface area (Å²) in [6.07, 6.45) is 26.0. The maximum absolute atomic E-state index is 12.4. The van der Waals surface area contributed by atoms with Gasteiger partial charge in [-0.05, 0) is 72.0 Å². The second-order valence-corrected chi connectivity index (χ2v) is 9.54. The first-order valence-corrected chi connectivity index (χ1v) is 13.9. The standard InChI is InChI=1S/C29H54N2O3/c1-5-7-8-9-10-11-12-13-14-15-16-17-18-19-20-21-24-29(33)34-27-31(25-6-2)28(32)23-22-26-30(3)4/h10-11,13-14H,5-9,12,15-27H2,1-4H3/b11-10-,14-13-. The lowest BCUT2D eigenvalue weighted by atomic mass is 10.1. The number of esters is 1. The van der Waals surface area contributed by atoms with Gasteiger partial charge in [0, 0.05) is 19.4 Å². The summed E-state index contributed by atoms with van der Waals surface area (Å²) in [7, 11) is 4.01. The fourth-order valence-corrected chi connectivity index (χ4v) is 3.72. The van der Waals surface area contributed by atoms with Crippen LogP contribution in [0, 0.1) is 0 Å². The molecule has 0 aromatic carbocycles. The summed E-state index contributed by atoms with van der Waals surface area (Å²) >= 11 is 0. The predicted octanol–water partition coefficient (Wildman–Crippen LogP) is 7.27. The molecule has 0 radical (unpaired) electrons. The molecule has 0 saturated carbocycles. The van der Waals surface area contributed by atoms with Crippen molar-refractivity contribution in [1.29, 1.82) is 0 Å². The molecule has 0 aliphatic carbocycles. The van der Waals surface area contributed by atoms with Crippen LogP contribution in [0.5, 0.6) is 0 Å². The van der Waals surface area contributed by atoms with Gasteiger partial charge in [-0.1, -0.05) is 76.7 Å². The largest absolute Gasteiger partial charge is 0.444 e. The summed E-state index contributed by atoms with van der Waals surface area (Å²) in [4.78, 5) is 28.1. The molecule has 0 saturated heterocycles. The first-order valence-electron chi connectivity index (χ1n) is 13.9. The Bertz CT molecular complexity index is 543. The Morgan fingerprint density at radius 2 is 1.29 bits per heavy atom. The maximum Gasteiger partial charge on any atom is 0.307 e. The van der Waals surface area contributed by atoms with Crippen LogP contribution in [-0.4, -0.2) is 55.6 Å². The Morgan fingerprint density at radius 3 is 1.91 bits per heavy atom. The van der Waals surface area contributed by atoms with E-state index in [0.29, 0.717) is 19.4 Å². The molecule has 0 fully saturated rings. The molecule has 0 aliphatic heterocycles. The van der Waals surface area contributed by atoms with Crippen molar-refractivity contribution in [2.45, 2.75) is 117 Å². The molecular weight excluding hydrogens is 424 g/mol. The fraction of sp³-hybridized carbons (Fsp3) is 0.793. The van der Waals surface area contributed by atoms with Crippen molar-refractivity contribution in [3.8, 4) is 0 Å². The molecule has 34 heavy (non-hydrogen) atoms. The van der Waals surface area contributed by atoms with Gasteiger partial charge in [-0.25, -0.2) is 0 Å². The zero-order chi connectivity index (χ0) is 25.3. The van der Waals surface area contributed by atoms with Gasteiger partial charge in [0.15, 0.2) is 6.73 Å². The number of carbonyl (C=O) groups is 2. The molecule has 0 aromatic heterocycles. The highest BCUT2D eigenvalue weighted by molar-refractivity contribution is 5.76. The number of hydrogen-bond acceptors (Lipinski definition) is 4. The Balaban J connectivity index is 3.68. The van der Waals surface area contributed by atoms with Crippen LogP contribution in [0.25, 0.3) is 0 Å². The molecule has 5 heteroatoms. The van der Waals surface area contributed by atoms with E-state index in [2.05, 4.69) is 36.1 Å². The lowest BCUT2D eigenvalue weighted by Crippen LogP contribution is -2.35. The topological polar surface area (TPSA) is 49.9 Å². The van der Waals surface area contributed by atoms with E-state index < -0.39 is 0 Å². The first kappa shape index (κ1) is 32.4. The average molecular weight is 479 g/mol. The quantitative estimate of drug-likeness (QED) is 0.0670. The lowest BCUT2D eigenvalue weighted by molar-refractivity contribution is -0.153. The van der Waals surface area contributed by atoms with E-state index in [9.17, 15) is 9.59 Å². The fourth-order valence-electron chi connectivity index (χ4n) is 3.72. The van der Waals surface area contributed by atoms with Gasteiger partial charge in [0.05, 0.1) is 0 Å². The van der Waals surface area contributed by atoms with E-state index in [-0.39, 0.29) is 18.6 Å². The minimum Gasteiger partial charge on any atom is -0.444 e. The molecule has 0 spiro atoms. The van der Waals surface area contributed by atoms with Crippen LogP contribution in [0.15, 0.2) is 24.3 Å². The third-order valence-corrected chi connectivity index (χ3v) is 5.81. The molecule has 0 rings (SSSR count). The molecule has 0 unspecified atom stereocenters. The van der Waals surface area contributed by atoms with E-state index in [1.165, 1.54) is 51.4 Å². The summed E-state index contributed by atoms with van der Waals surface area (Å²) in [6.45, 7) is 5.89. The molecule has 0 atom stereocenters. The molecule has 0 N–H and O–H groups in total. The van der Waals surface area contributed by atoms with Crippen molar-refractivity contribution >= 4 is 11.9 Å². The summed E-state index contributed by atoms with van der Waals surface area (Å²) in [5.74, 6) is -0.114. The van der Waals surface area contributed by atoms with Gasteiger partial charge >= 0.3 is 5.97 Å². The highest BCUT2D eigenvalue weighted by Crippen LogP contribution is 2.10. The lowest BCUT2D eigenvalue weighted by Gasteiger charge is -2.22. The third kappa shape index (κ3) is 22.2. The van der Waals surface area contributed by atoms with E-state index in [1.54, 1.807) is 4.90 Å². The van der Waals surface area contributed by atoms with Crippen LogP contribution < -0.4 is 0 Å². The van der Waals surface area contributed by atoms with Gasteiger partial charge < -0.3 is 14.5 Å². The highest BCUT2D eigenvalue weighted by atomic mass is 16.5. The third-order valence-electron chi connectivity index (χ3n) is 5.81. The molecule has 1 amide bonds. The normalized spacial score (nSPS) is 11.7. The maximum atomic E-state index is 12.4. The van der Waals surface area contributed by atoms with Gasteiger partial charge in [-0.3, -0.25) is 9.59 Å². The van der Waals surface area contributed by atoms with Crippen LogP contribution in [0.2, 0.25) is 0 Å². The Hall–Kier alpha value is -1.62. The Labute approximate surface area is 211 Å². The summed E-state index contributed by atoms with van der Waals surface area (Å²) in [6, 6.07) is 0. The number of unbranched alkanes of at least 4 members (excludes halogenated alkanes) is 9. The smallest absolute Gasteiger partial charge is 0.307 e. The minimum absolute atomic E-state index is 0.0743. The number of allylic oxidation sites excluding steroid dienone is 4. The highest BCUT2D eigenvalue weighted by Gasteiger charge is 2.14. The van der Waals surface area contributed by atoms with Gasteiger partial charge in [-0.2, -0.15) is 0 Å². The van der Waals surface area contributed by atoms with Gasteiger partial charge in [0.1, 0.15) is 0 Å². The number of hydrogen-bond donors (Lipinski definition) is 0. The summed E-state index contributed by atoms with van der Waals surface area (Å²) in [5, 5.41) is 0. The average Bonchev–Trinajstić information content (AvgIpc) is 2.81. The van der Waals surface area contributed by atoms with Crippen molar-refractivity contribution in [2.24, 2.45) is 0 Å². The van der Waals surface area contributed by atoms with E-state index in [0.717, 1.165) is 45.1 Å². The molecule has 0 heterocycles. The molecule has 198 valence electrons.